The maximum atomic E-state index is 12.9. The molecule has 1 aromatic rings. The van der Waals surface area contributed by atoms with E-state index in [1.54, 1.807) is 0 Å². The SMILES string of the molecule is CCCCCC1CCC([C@@H]2CC[C@@H](c3ccc(CCC)cc3)C(=O)C2=O)CC1. The molecular weight excluding hydrogens is 344 g/mol. The van der Waals surface area contributed by atoms with Gasteiger partial charge in [0.25, 0.3) is 0 Å². The number of hydrogen-bond donors (Lipinski definition) is 0. The Bertz CT molecular complexity index is 637. The van der Waals surface area contributed by atoms with Gasteiger partial charge in [-0.2, -0.15) is 0 Å². The van der Waals surface area contributed by atoms with Gasteiger partial charge in [-0.1, -0.05) is 83.1 Å². The standard InChI is InChI=1S/C26H38O2/c1-3-5-6-8-20-11-15-22(16-12-20)24-18-17-23(25(27)26(24)28)21-13-9-19(7-4-2)10-14-21/h9-10,13-14,20,22-24H,3-8,11-12,15-18H2,1-2H3/t20?,22?,23-,24-/m0/s1. The van der Waals surface area contributed by atoms with Gasteiger partial charge in [-0.15, -0.1) is 0 Å². The van der Waals surface area contributed by atoms with Crippen LogP contribution in [0.25, 0.3) is 0 Å². The summed E-state index contributed by atoms with van der Waals surface area (Å²) in [5.74, 6) is 0.913. The summed E-state index contributed by atoms with van der Waals surface area (Å²) in [6, 6.07) is 8.40. The lowest BCUT2D eigenvalue weighted by Crippen LogP contribution is -2.39. The minimum atomic E-state index is -0.204. The lowest BCUT2D eigenvalue weighted by atomic mass is 9.67. The van der Waals surface area contributed by atoms with Gasteiger partial charge in [0.15, 0.2) is 0 Å². The highest BCUT2D eigenvalue weighted by Crippen LogP contribution is 2.42. The number of ketones is 2. The number of Topliss-reactive ketones (excluding diaryl/α,β-unsaturated/α-hetero) is 2. The number of benzene rings is 1. The maximum Gasteiger partial charge on any atom is 0.206 e. The molecule has 0 aliphatic heterocycles. The summed E-state index contributed by atoms with van der Waals surface area (Å²) in [4.78, 5) is 25.8. The van der Waals surface area contributed by atoms with Crippen LogP contribution < -0.4 is 0 Å². The fraction of sp³-hybridized carbons (Fsp3) is 0.692. The zero-order valence-corrected chi connectivity index (χ0v) is 17.9. The van der Waals surface area contributed by atoms with Crippen molar-refractivity contribution < 1.29 is 9.59 Å². The zero-order chi connectivity index (χ0) is 19.9. The molecule has 1 aromatic carbocycles. The van der Waals surface area contributed by atoms with Crippen molar-refractivity contribution in [3.8, 4) is 0 Å². The highest BCUT2D eigenvalue weighted by molar-refractivity contribution is 6.40. The predicted molar refractivity (Wildman–Crippen MR) is 116 cm³/mol. The molecule has 2 aliphatic rings. The number of hydrogen-bond acceptors (Lipinski definition) is 2. The van der Waals surface area contributed by atoms with Crippen LogP contribution in [-0.2, 0) is 16.0 Å². The number of carbonyl (C=O) groups excluding carboxylic acids is 2. The van der Waals surface area contributed by atoms with Crippen molar-refractivity contribution in [3.63, 3.8) is 0 Å². The molecule has 0 bridgehead atoms. The van der Waals surface area contributed by atoms with E-state index in [0.29, 0.717) is 5.92 Å². The van der Waals surface area contributed by atoms with E-state index in [-0.39, 0.29) is 23.4 Å². The van der Waals surface area contributed by atoms with Crippen molar-refractivity contribution >= 4 is 11.6 Å². The molecular formula is C26H38O2. The summed E-state index contributed by atoms with van der Waals surface area (Å²) < 4.78 is 0. The first-order valence-electron chi connectivity index (χ1n) is 11.8. The third-order valence-corrected chi connectivity index (χ3v) is 7.26. The van der Waals surface area contributed by atoms with Gasteiger partial charge >= 0.3 is 0 Å². The molecule has 0 unspecified atom stereocenters. The molecule has 0 N–H and O–H groups in total. The van der Waals surface area contributed by atoms with E-state index in [1.807, 2.05) is 0 Å². The molecule has 2 saturated carbocycles. The van der Waals surface area contributed by atoms with Gasteiger partial charge in [0.1, 0.15) is 0 Å². The third-order valence-electron chi connectivity index (χ3n) is 7.26. The van der Waals surface area contributed by atoms with E-state index in [2.05, 4.69) is 38.1 Å². The number of rotatable bonds is 8. The quantitative estimate of drug-likeness (QED) is 0.372. The summed E-state index contributed by atoms with van der Waals surface area (Å²) >= 11 is 0. The molecule has 0 spiro atoms. The Labute approximate surface area is 171 Å². The molecule has 2 atom stereocenters. The predicted octanol–water partition coefficient (Wildman–Crippen LogP) is 6.66. The van der Waals surface area contributed by atoms with Gasteiger partial charge in [0.2, 0.25) is 11.6 Å². The molecule has 2 nitrogen and oxygen atoms in total. The molecule has 2 heteroatoms. The van der Waals surface area contributed by atoms with Crippen LogP contribution in [0.1, 0.15) is 102 Å². The van der Waals surface area contributed by atoms with E-state index in [4.69, 9.17) is 0 Å². The van der Waals surface area contributed by atoms with Crippen molar-refractivity contribution in [2.24, 2.45) is 17.8 Å². The van der Waals surface area contributed by atoms with Crippen molar-refractivity contribution in [3.05, 3.63) is 35.4 Å². The van der Waals surface area contributed by atoms with E-state index in [9.17, 15) is 9.59 Å². The van der Waals surface area contributed by atoms with Crippen LogP contribution in [0, 0.1) is 17.8 Å². The first-order valence-corrected chi connectivity index (χ1v) is 11.8. The van der Waals surface area contributed by atoms with Gasteiger partial charge in [-0.3, -0.25) is 9.59 Å². The Kier molecular flexibility index (Phi) is 7.88. The molecule has 3 rings (SSSR count). The molecule has 154 valence electrons. The van der Waals surface area contributed by atoms with Gasteiger partial charge in [0.05, 0.1) is 5.92 Å². The zero-order valence-electron chi connectivity index (χ0n) is 17.9. The van der Waals surface area contributed by atoms with Gasteiger partial charge in [0, 0.05) is 5.92 Å². The second kappa shape index (κ2) is 10.4. The average Bonchev–Trinajstić information content (AvgIpc) is 2.72. The second-order valence-electron chi connectivity index (χ2n) is 9.23. The Morgan fingerprint density at radius 3 is 2.14 bits per heavy atom. The first kappa shape index (κ1) is 21.3. The molecule has 2 aliphatic carbocycles. The van der Waals surface area contributed by atoms with Gasteiger partial charge in [-0.25, -0.2) is 0 Å². The topological polar surface area (TPSA) is 34.1 Å². The van der Waals surface area contributed by atoms with Crippen LogP contribution in [0.3, 0.4) is 0 Å². The Balaban J connectivity index is 1.54. The van der Waals surface area contributed by atoms with Crippen molar-refractivity contribution in [2.75, 3.05) is 0 Å². The van der Waals surface area contributed by atoms with Crippen LogP contribution in [-0.4, -0.2) is 11.6 Å². The smallest absolute Gasteiger partial charge is 0.206 e. The minimum absolute atomic E-state index is 0.000272. The molecule has 0 radical (unpaired) electrons. The summed E-state index contributed by atoms with van der Waals surface area (Å²) in [6.07, 6.45) is 14.1. The fourth-order valence-electron chi connectivity index (χ4n) is 5.50. The Hall–Kier alpha value is -1.44. The highest BCUT2D eigenvalue weighted by Gasteiger charge is 2.41. The van der Waals surface area contributed by atoms with E-state index >= 15 is 0 Å². The van der Waals surface area contributed by atoms with Crippen LogP contribution in [0.4, 0.5) is 0 Å². The van der Waals surface area contributed by atoms with Crippen LogP contribution >= 0.6 is 0 Å². The second-order valence-corrected chi connectivity index (χ2v) is 9.23. The Morgan fingerprint density at radius 2 is 1.50 bits per heavy atom. The van der Waals surface area contributed by atoms with E-state index in [1.165, 1.54) is 44.1 Å². The highest BCUT2D eigenvalue weighted by atomic mass is 16.2. The monoisotopic (exact) mass is 382 g/mol. The molecule has 0 aromatic heterocycles. The lowest BCUT2D eigenvalue weighted by molar-refractivity contribution is -0.143. The summed E-state index contributed by atoms with van der Waals surface area (Å²) in [6.45, 7) is 4.44. The summed E-state index contributed by atoms with van der Waals surface area (Å²) in [7, 11) is 0. The maximum absolute atomic E-state index is 12.9. The molecule has 0 heterocycles. The minimum Gasteiger partial charge on any atom is -0.291 e. The Morgan fingerprint density at radius 1 is 0.786 bits per heavy atom. The third kappa shape index (κ3) is 5.13. The lowest BCUT2D eigenvalue weighted by Gasteiger charge is -2.36. The van der Waals surface area contributed by atoms with Crippen LogP contribution in [0.5, 0.6) is 0 Å². The largest absolute Gasteiger partial charge is 0.291 e. The van der Waals surface area contributed by atoms with Crippen LogP contribution in [0.2, 0.25) is 0 Å². The summed E-state index contributed by atoms with van der Waals surface area (Å²) in [5, 5.41) is 0. The number of aryl methyl sites for hydroxylation is 1. The van der Waals surface area contributed by atoms with Gasteiger partial charge in [-0.05, 0) is 55.1 Å². The normalized spacial score (nSPS) is 28.5. The van der Waals surface area contributed by atoms with Gasteiger partial charge < -0.3 is 0 Å². The molecule has 28 heavy (non-hydrogen) atoms. The van der Waals surface area contributed by atoms with Crippen molar-refractivity contribution in [2.45, 2.75) is 96.8 Å². The number of carbonyl (C=O) groups is 2. The van der Waals surface area contributed by atoms with E-state index in [0.717, 1.165) is 50.0 Å². The summed E-state index contributed by atoms with van der Waals surface area (Å²) in [5.41, 5.74) is 2.35. The van der Waals surface area contributed by atoms with Crippen molar-refractivity contribution in [1.82, 2.24) is 0 Å². The van der Waals surface area contributed by atoms with Crippen molar-refractivity contribution in [1.29, 1.82) is 0 Å². The molecule has 0 amide bonds. The number of unbranched alkanes of at least 4 members (excludes halogenated alkanes) is 2. The molecule has 0 saturated heterocycles. The van der Waals surface area contributed by atoms with Crippen LogP contribution in [0.15, 0.2) is 24.3 Å². The average molecular weight is 383 g/mol. The molecule has 2 fully saturated rings. The first-order chi connectivity index (χ1) is 13.6. The van der Waals surface area contributed by atoms with E-state index < -0.39 is 0 Å². The fourth-order valence-corrected chi connectivity index (χ4v) is 5.50.